The molecule has 2 rings (SSSR count). The molecule has 0 saturated carbocycles. The molecule has 18 heavy (non-hydrogen) atoms. The van der Waals surface area contributed by atoms with E-state index in [9.17, 15) is 4.57 Å². The summed E-state index contributed by atoms with van der Waals surface area (Å²) in [6.07, 6.45) is 0. The predicted octanol–water partition coefficient (Wildman–Crippen LogP) is 5.43. The smallest absolute Gasteiger partial charge is 0.281 e. The minimum absolute atomic E-state index is 0.384. The molecule has 0 unspecified atom stereocenters. The van der Waals surface area contributed by atoms with Crippen molar-refractivity contribution in [3.63, 3.8) is 0 Å². The number of rotatable bonds is 3. The van der Waals surface area contributed by atoms with E-state index in [0.29, 0.717) is 21.8 Å². The van der Waals surface area contributed by atoms with Crippen LogP contribution >= 0.6 is 39.9 Å². The monoisotopic (exact) mass is 320 g/mol. The Balaban J connectivity index is 2.16. The van der Waals surface area contributed by atoms with Crippen LogP contribution in [0, 0.1) is 0 Å². The zero-order valence-corrected chi connectivity index (χ0v) is 12.2. The third kappa shape index (κ3) is 3.66. The van der Waals surface area contributed by atoms with E-state index in [-0.39, 0.29) is 0 Å². The largest absolute Gasteiger partial charge is 0.457 e. The van der Waals surface area contributed by atoms with E-state index in [1.807, 2.05) is 0 Å². The summed E-state index contributed by atoms with van der Waals surface area (Å²) in [5, 5.41) is 1.03. The first kappa shape index (κ1) is 13.8. The minimum atomic E-state index is -3.26. The molecule has 0 saturated heterocycles. The normalized spacial score (nSPS) is 11.3. The first-order valence-electron chi connectivity index (χ1n) is 4.98. The molecule has 0 aromatic heterocycles. The van der Waals surface area contributed by atoms with Crippen LogP contribution in [0.2, 0.25) is 5.02 Å². The topological polar surface area (TPSA) is 26.3 Å². The molecule has 0 radical (unpaired) electrons. The molecule has 6 heteroatoms. The van der Waals surface area contributed by atoms with E-state index in [2.05, 4.69) is 0 Å². The Morgan fingerprint density at radius 3 is 1.72 bits per heavy atom. The van der Waals surface area contributed by atoms with E-state index in [0.717, 1.165) is 0 Å². The molecule has 0 amide bonds. The third-order valence-corrected chi connectivity index (χ3v) is 4.51. The van der Waals surface area contributed by atoms with Crippen LogP contribution in [0.25, 0.3) is 0 Å². The van der Waals surface area contributed by atoms with Gasteiger partial charge in [0.15, 0.2) is 0 Å². The lowest BCUT2D eigenvalue weighted by molar-refractivity contribution is 0.483. The van der Waals surface area contributed by atoms with Crippen molar-refractivity contribution in [1.82, 2.24) is 0 Å². The van der Waals surface area contributed by atoms with Gasteiger partial charge in [0.25, 0.3) is 5.85 Å². The third-order valence-electron chi connectivity index (χ3n) is 2.19. The maximum atomic E-state index is 11.4. The van der Waals surface area contributed by atoms with Crippen LogP contribution < -0.4 is 10.0 Å². The van der Waals surface area contributed by atoms with Crippen LogP contribution in [0.3, 0.4) is 0 Å². The van der Waals surface area contributed by atoms with Gasteiger partial charge in [-0.05, 0) is 71.0 Å². The van der Waals surface area contributed by atoms with Crippen LogP contribution in [0.1, 0.15) is 0 Å². The van der Waals surface area contributed by atoms with Crippen molar-refractivity contribution in [2.45, 2.75) is 0 Å². The number of hydrogen-bond donors (Lipinski definition) is 0. The van der Waals surface area contributed by atoms with Crippen molar-refractivity contribution in [2.24, 2.45) is 0 Å². The van der Waals surface area contributed by atoms with Gasteiger partial charge in [0, 0.05) is 10.3 Å². The predicted molar refractivity (Wildman–Crippen MR) is 76.9 cm³/mol. The molecule has 0 spiro atoms. The van der Waals surface area contributed by atoms with Gasteiger partial charge >= 0.3 is 0 Å². The minimum Gasteiger partial charge on any atom is -0.457 e. The fourth-order valence-corrected chi connectivity index (χ4v) is 2.62. The average Bonchev–Trinajstić information content (AvgIpc) is 2.32. The molecule has 0 aliphatic rings. The highest BCUT2D eigenvalue weighted by molar-refractivity contribution is 8.13. The van der Waals surface area contributed by atoms with Crippen molar-refractivity contribution < 1.29 is 9.30 Å². The van der Waals surface area contributed by atoms with E-state index in [1.54, 1.807) is 48.5 Å². The highest BCUT2D eigenvalue weighted by Gasteiger charge is 2.16. The standard InChI is InChI=1S/C12H8Cl3O2P/c13-9-1-3-10(4-2-9)17-11-5-7-12(8-6-11)18(14,15)16/h1-8H. The van der Waals surface area contributed by atoms with Gasteiger partial charge in [-0.15, -0.1) is 0 Å². The fraction of sp³-hybridized carbons (Fsp3) is 0. The highest BCUT2D eigenvalue weighted by atomic mass is 35.9. The SMILES string of the molecule is O=P(Cl)(Cl)c1ccc(Oc2ccc(Cl)cc2)cc1. The zero-order valence-electron chi connectivity index (χ0n) is 9.02. The van der Waals surface area contributed by atoms with Gasteiger partial charge in [-0.25, -0.2) is 0 Å². The van der Waals surface area contributed by atoms with Gasteiger partial charge < -0.3 is 4.74 Å². The molecule has 0 bridgehead atoms. The molecule has 2 aromatic rings. The van der Waals surface area contributed by atoms with Crippen molar-refractivity contribution in [3.8, 4) is 11.5 Å². The van der Waals surface area contributed by atoms with E-state index in [4.69, 9.17) is 38.8 Å². The Hall–Kier alpha value is -0.660. The first-order chi connectivity index (χ1) is 8.45. The lowest BCUT2D eigenvalue weighted by Crippen LogP contribution is -1.96. The van der Waals surface area contributed by atoms with Gasteiger partial charge in [0.05, 0.1) is 0 Å². The van der Waals surface area contributed by atoms with E-state index < -0.39 is 5.85 Å². The Morgan fingerprint density at radius 1 is 0.833 bits per heavy atom. The van der Waals surface area contributed by atoms with Crippen LogP contribution in [0.4, 0.5) is 0 Å². The molecular weight excluding hydrogens is 313 g/mol. The van der Waals surface area contributed by atoms with Gasteiger partial charge in [-0.3, -0.25) is 4.57 Å². The quantitative estimate of drug-likeness (QED) is 0.705. The Bertz CT molecular complexity index is 575. The lowest BCUT2D eigenvalue weighted by atomic mass is 10.3. The summed E-state index contributed by atoms with van der Waals surface area (Å²) < 4.78 is 17.0. The Morgan fingerprint density at radius 2 is 1.28 bits per heavy atom. The van der Waals surface area contributed by atoms with Gasteiger partial charge in [0.2, 0.25) is 0 Å². The molecule has 0 fully saturated rings. The molecule has 2 nitrogen and oxygen atoms in total. The van der Waals surface area contributed by atoms with E-state index in [1.165, 1.54) is 0 Å². The Labute approximate surface area is 119 Å². The molecule has 0 N–H and O–H groups in total. The second-order valence-corrected chi connectivity index (χ2v) is 8.76. The summed E-state index contributed by atoms with van der Waals surface area (Å²) in [5.74, 6) is -2.00. The molecular formula is C12H8Cl3O2P. The molecule has 0 heterocycles. The van der Waals surface area contributed by atoms with Gasteiger partial charge in [0.1, 0.15) is 11.5 Å². The summed E-state index contributed by atoms with van der Waals surface area (Å²) in [6.45, 7) is 0. The number of hydrogen-bond acceptors (Lipinski definition) is 2. The van der Waals surface area contributed by atoms with Crippen LogP contribution in [0.5, 0.6) is 11.5 Å². The molecule has 0 aliphatic carbocycles. The van der Waals surface area contributed by atoms with Gasteiger partial charge in [-0.2, -0.15) is 0 Å². The summed E-state index contributed by atoms with van der Waals surface area (Å²) in [7, 11) is 0. The summed E-state index contributed by atoms with van der Waals surface area (Å²) >= 11 is 16.9. The highest BCUT2D eigenvalue weighted by Crippen LogP contribution is 2.55. The first-order valence-corrected chi connectivity index (χ1v) is 8.88. The lowest BCUT2D eigenvalue weighted by Gasteiger charge is -2.07. The van der Waals surface area contributed by atoms with Gasteiger partial charge in [-0.1, -0.05) is 11.6 Å². The van der Waals surface area contributed by atoms with Crippen LogP contribution in [0.15, 0.2) is 48.5 Å². The molecule has 0 atom stereocenters. The van der Waals surface area contributed by atoms with Crippen LogP contribution in [-0.4, -0.2) is 0 Å². The van der Waals surface area contributed by atoms with Crippen molar-refractivity contribution in [3.05, 3.63) is 53.6 Å². The maximum absolute atomic E-state index is 11.4. The molecule has 2 aromatic carbocycles. The summed E-state index contributed by atoms with van der Waals surface area (Å²) in [5.41, 5.74) is 0. The second-order valence-electron chi connectivity index (χ2n) is 3.51. The zero-order chi connectivity index (χ0) is 13.2. The average molecular weight is 322 g/mol. The Kier molecular flexibility index (Phi) is 4.24. The molecule has 0 aliphatic heterocycles. The summed E-state index contributed by atoms with van der Waals surface area (Å²) in [4.78, 5) is 0. The maximum Gasteiger partial charge on any atom is 0.281 e. The van der Waals surface area contributed by atoms with Crippen LogP contribution in [-0.2, 0) is 4.57 Å². The van der Waals surface area contributed by atoms with Crippen molar-refractivity contribution >= 4 is 45.2 Å². The number of benzene rings is 2. The van der Waals surface area contributed by atoms with Crippen molar-refractivity contribution in [2.75, 3.05) is 0 Å². The van der Waals surface area contributed by atoms with E-state index >= 15 is 0 Å². The summed E-state index contributed by atoms with van der Waals surface area (Å²) in [6, 6.07) is 13.4. The molecule has 94 valence electrons. The van der Waals surface area contributed by atoms with Crippen molar-refractivity contribution in [1.29, 1.82) is 0 Å². The number of halogens is 3. The number of ether oxygens (including phenoxy) is 1. The fourth-order valence-electron chi connectivity index (χ4n) is 1.33. The second kappa shape index (κ2) is 5.54.